The Hall–Kier alpha value is -10.3. The molecule has 0 bridgehead atoms. The second-order valence-corrected chi connectivity index (χ2v) is 32.5. The smallest absolute Gasteiger partial charge is 0.333 e. The molecule has 0 N–H and O–H groups in total. The quantitative estimate of drug-likeness (QED) is 0.157. The van der Waals surface area contributed by atoms with E-state index in [9.17, 15) is 0 Å². The molecule has 460 valence electrons. The third-order valence-corrected chi connectivity index (χ3v) is 22.8. The molecule has 0 saturated heterocycles. The van der Waals surface area contributed by atoms with E-state index in [0.29, 0.717) is 0 Å². The van der Waals surface area contributed by atoms with E-state index >= 15 is 0 Å². The van der Waals surface area contributed by atoms with Crippen LogP contribution in [0, 0.1) is 0 Å². The van der Waals surface area contributed by atoms with Crippen molar-refractivity contribution in [1.29, 1.82) is 0 Å². The van der Waals surface area contributed by atoms with Crippen LogP contribution in [0.5, 0.6) is 0 Å². The van der Waals surface area contributed by atoms with E-state index in [-0.39, 0.29) is 35.4 Å². The van der Waals surface area contributed by atoms with Gasteiger partial charge in [-0.3, -0.25) is 0 Å². The standard InChI is InChI=1S/C90H74B2N4/c1-87(2,3)59-31-19-51(20-32-59)55-27-39-63-69-43-41-65-67-15-13-17-71-81(67)95(91-73-45-29-57(53-23-35-61(36-24-53)89(7,8)9)49-77(73)93(75(63)47-55)83(69)79(65)91)85-72-18-14-16-68-66-42-44-70-64-40-28-56(52-21-33-60(34-22-52)88(4,5)6)48-76(64)94-78-50-58(54-25-37-62(38-26-54)90(10,11)12)30-46-74(78)92(80(66)84(70)94)96(82(68)72)86(71)85/h13-50H,1-12H3. The Morgan fingerprint density at radius 2 is 0.542 bits per heavy atom. The van der Waals surface area contributed by atoms with Crippen molar-refractivity contribution in [1.82, 2.24) is 18.1 Å². The summed E-state index contributed by atoms with van der Waals surface area (Å²) in [7, 11) is 0. The van der Waals surface area contributed by atoms with E-state index in [0.717, 1.165) is 0 Å². The van der Waals surface area contributed by atoms with E-state index in [1.807, 2.05) is 0 Å². The summed E-state index contributed by atoms with van der Waals surface area (Å²) in [5.41, 5.74) is 38.8. The number of fused-ring (bicyclic) bond motifs is 21. The number of benzene rings is 12. The van der Waals surface area contributed by atoms with Crippen LogP contribution in [0.25, 0.3) is 155 Å². The molecular weight excluding hydrogens is 1160 g/mol. The Morgan fingerprint density at radius 1 is 0.240 bits per heavy atom. The van der Waals surface area contributed by atoms with Crippen LogP contribution in [0.3, 0.4) is 0 Å². The van der Waals surface area contributed by atoms with Crippen LogP contribution in [0.4, 0.5) is 0 Å². The highest BCUT2D eigenvalue weighted by Gasteiger charge is 2.47. The highest BCUT2D eigenvalue weighted by molar-refractivity contribution is 6.92. The molecule has 4 aliphatic rings. The van der Waals surface area contributed by atoms with Crippen molar-refractivity contribution in [2.24, 2.45) is 0 Å². The number of nitrogens with zero attached hydrogens (tertiary/aromatic N) is 4. The van der Waals surface area contributed by atoms with Crippen LogP contribution in [0.15, 0.2) is 231 Å². The van der Waals surface area contributed by atoms with Crippen LogP contribution >= 0.6 is 0 Å². The second kappa shape index (κ2) is 18.8. The van der Waals surface area contributed by atoms with Gasteiger partial charge in [0.25, 0.3) is 0 Å². The van der Waals surface area contributed by atoms with E-state index in [1.165, 1.54) is 199 Å². The van der Waals surface area contributed by atoms with E-state index in [1.54, 1.807) is 0 Å². The summed E-state index contributed by atoms with van der Waals surface area (Å²) in [6, 6.07) is 90.8. The van der Waals surface area contributed by atoms with Crippen LogP contribution in [-0.4, -0.2) is 31.8 Å². The van der Waals surface area contributed by atoms with Gasteiger partial charge in [0.1, 0.15) is 0 Å². The highest BCUT2D eigenvalue weighted by atomic mass is 15.1. The number of para-hydroxylation sites is 2. The minimum absolute atomic E-state index is 0.0489. The maximum absolute atomic E-state index is 2.83. The highest BCUT2D eigenvalue weighted by Crippen LogP contribution is 2.51. The molecule has 0 saturated carbocycles. The third kappa shape index (κ3) is 7.53. The van der Waals surface area contributed by atoms with Gasteiger partial charge in [0, 0.05) is 65.9 Å². The fourth-order valence-corrected chi connectivity index (χ4v) is 17.8. The van der Waals surface area contributed by atoms with Crippen LogP contribution in [0.2, 0.25) is 0 Å². The minimum Gasteiger partial charge on any atom is -0.374 e. The van der Waals surface area contributed by atoms with Crippen molar-refractivity contribution in [3.8, 4) is 78.1 Å². The van der Waals surface area contributed by atoms with Crippen LogP contribution in [0.1, 0.15) is 105 Å². The lowest BCUT2D eigenvalue weighted by Crippen LogP contribution is -2.55. The second-order valence-electron chi connectivity index (χ2n) is 32.5. The summed E-state index contributed by atoms with van der Waals surface area (Å²) in [6.45, 7) is 27.4. The van der Waals surface area contributed by atoms with Crippen molar-refractivity contribution in [3.05, 3.63) is 253 Å². The molecule has 0 atom stereocenters. The largest absolute Gasteiger partial charge is 0.374 e. The Labute approximate surface area is 562 Å². The summed E-state index contributed by atoms with van der Waals surface area (Å²) < 4.78 is 11.0. The van der Waals surface area contributed by atoms with Gasteiger partial charge in [-0.2, -0.15) is 0 Å². The van der Waals surface area contributed by atoms with Gasteiger partial charge in [0.05, 0.1) is 33.1 Å². The normalized spacial score (nSPS) is 13.8. The van der Waals surface area contributed by atoms with E-state index in [4.69, 9.17) is 0 Å². The van der Waals surface area contributed by atoms with E-state index in [2.05, 4.69) is 332 Å². The molecule has 0 amide bonds. The molecule has 4 aliphatic heterocycles. The maximum Gasteiger partial charge on any atom is 0.333 e. The monoisotopic (exact) mass is 1230 g/mol. The zero-order valence-electron chi connectivity index (χ0n) is 56.9. The molecule has 6 heteroatoms. The van der Waals surface area contributed by atoms with Gasteiger partial charge < -0.3 is 18.1 Å². The van der Waals surface area contributed by atoms with Gasteiger partial charge in [-0.25, -0.2) is 0 Å². The fraction of sp³-hybridized carbons (Fsp3) is 0.178. The summed E-state index contributed by atoms with van der Waals surface area (Å²) in [6.07, 6.45) is 0. The van der Waals surface area contributed by atoms with Crippen molar-refractivity contribution in [2.75, 3.05) is 0 Å². The average molecular weight is 1230 g/mol. The molecule has 0 aliphatic carbocycles. The van der Waals surface area contributed by atoms with E-state index < -0.39 is 0 Å². The molecule has 4 nitrogen and oxygen atoms in total. The lowest BCUT2D eigenvalue weighted by atomic mass is 9.45. The molecule has 16 aromatic rings. The van der Waals surface area contributed by atoms with Gasteiger partial charge in [-0.1, -0.05) is 289 Å². The molecule has 96 heavy (non-hydrogen) atoms. The SMILES string of the molecule is CC(C)(C)c1ccc(-c2ccc3c(c2)-n2c4cc(-c5ccc(C(C)(C)C)cc5)ccc4c4ccc5c(c42)B3n2c3c-5cccc3c3c2c2cccc4c2n3B2c3ccc(-c5ccc(C(C)(C)C)cc5)cc3-n3c5cc(-c6ccc(C(C)(C)C)cc6)ccc5c5ccc-4c2c53)cc1. The lowest BCUT2D eigenvalue weighted by molar-refractivity contribution is 0.590. The first-order valence-electron chi connectivity index (χ1n) is 34.7. The predicted molar refractivity (Wildman–Crippen MR) is 412 cm³/mol. The van der Waals surface area contributed by atoms with Crippen molar-refractivity contribution in [3.63, 3.8) is 0 Å². The first-order chi connectivity index (χ1) is 46.2. The lowest BCUT2D eigenvalue weighted by Gasteiger charge is -2.34. The van der Waals surface area contributed by atoms with Gasteiger partial charge in [0.2, 0.25) is 0 Å². The van der Waals surface area contributed by atoms with Crippen molar-refractivity contribution < 1.29 is 0 Å². The first kappa shape index (κ1) is 56.1. The Kier molecular flexibility index (Phi) is 11.0. The molecule has 4 aromatic heterocycles. The molecule has 0 unspecified atom stereocenters. The maximum atomic E-state index is 2.83. The molecule has 8 heterocycles. The third-order valence-electron chi connectivity index (χ3n) is 22.8. The van der Waals surface area contributed by atoms with Crippen molar-refractivity contribution >= 4 is 112 Å². The first-order valence-corrected chi connectivity index (χ1v) is 34.7. The van der Waals surface area contributed by atoms with Crippen molar-refractivity contribution in [2.45, 2.75) is 105 Å². The summed E-state index contributed by atoms with van der Waals surface area (Å²) >= 11 is 0. The predicted octanol–water partition coefficient (Wildman–Crippen LogP) is 20.7. The zero-order valence-corrected chi connectivity index (χ0v) is 56.9. The molecule has 0 spiro atoms. The average Bonchev–Trinajstić information content (AvgIpc) is 1.48. The minimum atomic E-state index is -0.128. The fourth-order valence-electron chi connectivity index (χ4n) is 17.8. The number of hydrogen-bond donors (Lipinski definition) is 0. The van der Waals surface area contributed by atoms with Gasteiger partial charge >= 0.3 is 13.7 Å². The summed E-state index contributed by atoms with van der Waals surface area (Å²) in [5.74, 6) is 0. The van der Waals surface area contributed by atoms with Gasteiger partial charge in [-0.15, -0.1) is 0 Å². The molecule has 12 aromatic carbocycles. The molecule has 0 fully saturated rings. The number of hydrogen-bond acceptors (Lipinski definition) is 0. The van der Waals surface area contributed by atoms with Crippen LogP contribution in [-0.2, 0) is 21.7 Å². The molecule has 20 rings (SSSR count). The Balaban J connectivity index is 0.861. The molecule has 0 radical (unpaired) electrons. The summed E-state index contributed by atoms with van der Waals surface area (Å²) in [4.78, 5) is 0. The number of aromatic nitrogens is 4. The Morgan fingerprint density at radius 3 is 0.875 bits per heavy atom. The van der Waals surface area contributed by atoms with Crippen LogP contribution < -0.4 is 21.9 Å². The Bertz CT molecular complexity index is 5750. The summed E-state index contributed by atoms with van der Waals surface area (Å²) in [5, 5.41) is 7.72. The molecular formula is C90H74B2N4. The van der Waals surface area contributed by atoms with Gasteiger partial charge in [-0.05, 0) is 146 Å². The van der Waals surface area contributed by atoms with Gasteiger partial charge in [0.15, 0.2) is 0 Å². The zero-order chi connectivity index (χ0) is 65.1. The topological polar surface area (TPSA) is 19.7 Å². The number of rotatable bonds is 4.